The minimum atomic E-state index is -4.44. The van der Waals surface area contributed by atoms with Gasteiger partial charge in [-0.2, -0.15) is 13.2 Å². The number of pyridine rings is 1. The second-order valence-corrected chi connectivity index (χ2v) is 6.38. The van der Waals surface area contributed by atoms with Crippen LogP contribution in [0.2, 0.25) is 0 Å². The highest BCUT2D eigenvalue weighted by Gasteiger charge is 2.32. The van der Waals surface area contributed by atoms with E-state index in [0.717, 1.165) is 30.7 Å². The lowest BCUT2D eigenvalue weighted by molar-refractivity contribution is -0.137. The summed E-state index contributed by atoms with van der Waals surface area (Å²) in [4.78, 5) is 18.9. The molecule has 3 rings (SSSR count). The summed E-state index contributed by atoms with van der Waals surface area (Å²) in [7, 11) is 0. The molecular formula is C19H19F3N2O. The van der Waals surface area contributed by atoms with E-state index in [4.69, 9.17) is 0 Å². The van der Waals surface area contributed by atoms with E-state index >= 15 is 0 Å². The average molecular weight is 348 g/mol. The van der Waals surface area contributed by atoms with Crippen LogP contribution < -0.4 is 0 Å². The van der Waals surface area contributed by atoms with Crippen LogP contribution in [-0.4, -0.2) is 28.8 Å². The summed E-state index contributed by atoms with van der Waals surface area (Å²) in [5.74, 6) is -0.476. The van der Waals surface area contributed by atoms with Crippen molar-refractivity contribution in [2.24, 2.45) is 5.92 Å². The Hall–Kier alpha value is -2.21. The molecule has 1 aromatic carbocycles. The monoisotopic (exact) mass is 348 g/mol. The Balaban J connectivity index is 1.70. The highest BCUT2D eigenvalue weighted by atomic mass is 19.4. The van der Waals surface area contributed by atoms with Gasteiger partial charge in [0.1, 0.15) is 0 Å². The molecule has 0 N–H and O–H groups in total. The lowest BCUT2D eigenvalue weighted by Gasteiger charge is -2.32. The fraction of sp³-hybridized carbons (Fsp3) is 0.368. The fourth-order valence-corrected chi connectivity index (χ4v) is 3.25. The Bertz CT molecular complexity index is 731. The van der Waals surface area contributed by atoms with Gasteiger partial charge >= 0.3 is 6.18 Å². The molecule has 0 unspecified atom stereocenters. The van der Waals surface area contributed by atoms with Crippen molar-refractivity contribution in [3.63, 3.8) is 0 Å². The number of aromatic nitrogens is 1. The van der Waals surface area contributed by atoms with E-state index in [0.29, 0.717) is 19.5 Å². The third kappa shape index (κ3) is 4.45. The first-order valence-electron chi connectivity index (χ1n) is 8.26. The summed E-state index contributed by atoms with van der Waals surface area (Å²) in [5, 5.41) is 0. The second kappa shape index (κ2) is 7.35. The molecule has 1 aliphatic rings. The zero-order valence-corrected chi connectivity index (χ0v) is 13.7. The number of carbonyl (C=O) groups is 1. The zero-order valence-electron chi connectivity index (χ0n) is 13.7. The lowest BCUT2D eigenvalue weighted by atomic mass is 9.89. The van der Waals surface area contributed by atoms with E-state index in [1.807, 2.05) is 12.1 Å². The van der Waals surface area contributed by atoms with Gasteiger partial charge in [-0.05, 0) is 43.1 Å². The van der Waals surface area contributed by atoms with Gasteiger partial charge in [0.15, 0.2) is 5.78 Å². The summed E-state index contributed by atoms with van der Waals surface area (Å²) < 4.78 is 38.6. The summed E-state index contributed by atoms with van der Waals surface area (Å²) in [6.45, 7) is 2.13. The third-order valence-electron chi connectivity index (χ3n) is 4.48. The lowest BCUT2D eigenvalue weighted by Crippen LogP contribution is -2.38. The Morgan fingerprint density at radius 1 is 1.24 bits per heavy atom. The first-order valence-corrected chi connectivity index (χ1v) is 8.26. The molecule has 2 heterocycles. The number of nitrogens with zero attached hydrogens (tertiary/aromatic N) is 2. The highest BCUT2D eigenvalue weighted by Crippen LogP contribution is 2.30. The van der Waals surface area contributed by atoms with E-state index in [1.54, 1.807) is 12.4 Å². The molecule has 1 aromatic heterocycles. The van der Waals surface area contributed by atoms with E-state index in [9.17, 15) is 18.0 Å². The van der Waals surface area contributed by atoms with Gasteiger partial charge in [0, 0.05) is 37.0 Å². The standard InChI is InChI=1S/C19H19F3N2O/c20-19(21,22)17-7-1-5-15(10-17)18(25)16-6-3-9-24(13-16)12-14-4-2-8-23-11-14/h1-2,4-5,7-8,10-11,16H,3,6,9,12-13H2/t16-/m1/s1. The van der Waals surface area contributed by atoms with Gasteiger partial charge in [0.25, 0.3) is 0 Å². The van der Waals surface area contributed by atoms with Crippen LogP contribution in [0.15, 0.2) is 48.8 Å². The van der Waals surface area contributed by atoms with Crippen molar-refractivity contribution >= 4 is 5.78 Å². The third-order valence-corrected chi connectivity index (χ3v) is 4.48. The molecular weight excluding hydrogens is 329 g/mol. The van der Waals surface area contributed by atoms with Gasteiger partial charge in [-0.3, -0.25) is 14.7 Å². The maximum Gasteiger partial charge on any atom is 0.416 e. The Morgan fingerprint density at radius 2 is 2.08 bits per heavy atom. The van der Waals surface area contributed by atoms with Crippen LogP contribution in [0.4, 0.5) is 13.2 Å². The highest BCUT2D eigenvalue weighted by molar-refractivity contribution is 5.98. The van der Waals surface area contributed by atoms with Crippen LogP contribution in [0.3, 0.4) is 0 Å². The predicted molar refractivity (Wildman–Crippen MR) is 88.0 cm³/mol. The number of halogens is 3. The zero-order chi connectivity index (χ0) is 17.9. The van der Waals surface area contributed by atoms with Gasteiger partial charge in [-0.1, -0.05) is 18.2 Å². The number of piperidine rings is 1. The van der Waals surface area contributed by atoms with E-state index < -0.39 is 11.7 Å². The molecule has 0 radical (unpaired) electrons. The quantitative estimate of drug-likeness (QED) is 0.777. The number of Topliss-reactive ketones (excluding diaryl/α,β-unsaturated/α-hetero) is 1. The van der Waals surface area contributed by atoms with Crippen LogP contribution in [0.25, 0.3) is 0 Å². The molecule has 1 saturated heterocycles. The van der Waals surface area contributed by atoms with E-state index in [1.165, 1.54) is 12.1 Å². The number of alkyl halides is 3. The van der Waals surface area contributed by atoms with E-state index in [-0.39, 0.29) is 17.3 Å². The number of ketones is 1. The molecule has 2 aromatic rings. The number of hydrogen-bond donors (Lipinski definition) is 0. The fourth-order valence-electron chi connectivity index (χ4n) is 3.25. The maximum atomic E-state index is 12.9. The largest absolute Gasteiger partial charge is 0.416 e. The topological polar surface area (TPSA) is 33.2 Å². The van der Waals surface area contributed by atoms with Crippen molar-refractivity contribution in [1.82, 2.24) is 9.88 Å². The van der Waals surface area contributed by atoms with Gasteiger partial charge in [-0.25, -0.2) is 0 Å². The SMILES string of the molecule is O=C(c1cccc(C(F)(F)F)c1)[C@@H]1CCCN(Cc2cccnc2)C1. The molecule has 0 bridgehead atoms. The predicted octanol–water partition coefficient (Wildman–Crippen LogP) is 4.20. The van der Waals surface area contributed by atoms with Crippen molar-refractivity contribution < 1.29 is 18.0 Å². The molecule has 0 aliphatic carbocycles. The van der Waals surface area contributed by atoms with E-state index in [2.05, 4.69) is 9.88 Å². The Morgan fingerprint density at radius 3 is 2.80 bits per heavy atom. The molecule has 0 spiro atoms. The van der Waals surface area contributed by atoms with Crippen molar-refractivity contribution in [3.8, 4) is 0 Å². The smallest absolute Gasteiger partial charge is 0.298 e. The average Bonchev–Trinajstić information content (AvgIpc) is 2.61. The van der Waals surface area contributed by atoms with Crippen LogP contribution >= 0.6 is 0 Å². The van der Waals surface area contributed by atoms with Crippen LogP contribution in [-0.2, 0) is 12.7 Å². The number of hydrogen-bond acceptors (Lipinski definition) is 3. The molecule has 6 heteroatoms. The normalized spacial score (nSPS) is 18.9. The molecule has 1 atom stereocenters. The molecule has 1 aliphatic heterocycles. The molecule has 0 saturated carbocycles. The summed E-state index contributed by atoms with van der Waals surface area (Å²) in [6, 6.07) is 8.56. The van der Waals surface area contributed by atoms with Crippen molar-refractivity contribution in [2.45, 2.75) is 25.6 Å². The minimum absolute atomic E-state index is 0.142. The van der Waals surface area contributed by atoms with Gasteiger partial charge in [0.2, 0.25) is 0 Å². The van der Waals surface area contributed by atoms with Crippen LogP contribution in [0.1, 0.15) is 34.3 Å². The van der Waals surface area contributed by atoms with Gasteiger partial charge in [-0.15, -0.1) is 0 Å². The molecule has 25 heavy (non-hydrogen) atoms. The van der Waals surface area contributed by atoms with Crippen molar-refractivity contribution in [3.05, 3.63) is 65.5 Å². The first kappa shape index (κ1) is 17.6. The Labute approximate surface area is 144 Å². The number of likely N-dealkylation sites (tertiary alicyclic amines) is 1. The van der Waals surface area contributed by atoms with Crippen molar-refractivity contribution in [1.29, 1.82) is 0 Å². The number of rotatable bonds is 4. The summed E-state index contributed by atoms with van der Waals surface area (Å²) in [6.07, 6.45) is 0.626. The van der Waals surface area contributed by atoms with Crippen LogP contribution in [0.5, 0.6) is 0 Å². The Kier molecular flexibility index (Phi) is 5.18. The number of benzene rings is 1. The summed E-state index contributed by atoms with van der Waals surface area (Å²) in [5.41, 5.74) is 0.430. The second-order valence-electron chi connectivity index (χ2n) is 6.38. The van der Waals surface area contributed by atoms with Gasteiger partial charge in [0.05, 0.1) is 5.56 Å². The number of carbonyl (C=O) groups excluding carboxylic acids is 1. The minimum Gasteiger partial charge on any atom is -0.298 e. The molecule has 0 amide bonds. The first-order chi connectivity index (χ1) is 11.9. The maximum absolute atomic E-state index is 12.9. The summed E-state index contributed by atoms with van der Waals surface area (Å²) >= 11 is 0. The van der Waals surface area contributed by atoms with Gasteiger partial charge < -0.3 is 0 Å². The molecule has 3 nitrogen and oxygen atoms in total. The van der Waals surface area contributed by atoms with Crippen molar-refractivity contribution in [2.75, 3.05) is 13.1 Å². The molecule has 1 fully saturated rings. The van der Waals surface area contributed by atoms with Crippen LogP contribution in [0, 0.1) is 5.92 Å². The molecule has 132 valence electrons.